The lowest BCUT2D eigenvalue weighted by Crippen LogP contribution is -2.56. The van der Waals surface area contributed by atoms with Crippen LogP contribution in [-0.4, -0.2) is 36.8 Å². The van der Waals surface area contributed by atoms with E-state index < -0.39 is 0 Å². The van der Waals surface area contributed by atoms with Crippen molar-refractivity contribution in [3.05, 3.63) is 0 Å². The number of ether oxygens (including phenoxy) is 1. The van der Waals surface area contributed by atoms with Crippen LogP contribution in [0.1, 0.15) is 47.5 Å². The van der Waals surface area contributed by atoms with E-state index in [1.165, 1.54) is 30.4 Å². The van der Waals surface area contributed by atoms with Crippen molar-refractivity contribution in [2.45, 2.75) is 53.5 Å². The van der Waals surface area contributed by atoms with Crippen molar-refractivity contribution in [2.75, 3.05) is 26.2 Å². The van der Waals surface area contributed by atoms with Crippen LogP contribution in [0, 0.1) is 12.0 Å². The SMILES string of the molecule is CC#COCC[N+](CC)(CCC)C(C)CC. The fraction of sp³-hybridized carbons (Fsp3) is 0.857. The van der Waals surface area contributed by atoms with Gasteiger partial charge in [0.2, 0.25) is 0 Å². The average Bonchev–Trinajstić information content (AvgIpc) is 2.32. The van der Waals surface area contributed by atoms with Crippen LogP contribution in [0.15, 0.2) is 0 Å². The Morgan fingerprint density at radius 3 is 2.31 bits per heavy atom. The zero-order chi connectivity index (χ0) is 12.4. The molecule has 0 saturated carbocycles. The molecular weight excluding hydrogens is 198 g/mol. The van der Waals surface area contributed by atoms with Gasteiger partial charge in [0, 0.05) is 6.92 Å². The van der Waals surface area contributed by atoms with Gasteiger partial charge < -0.3 is 9.22 Å². The van der Waals surface area contributed by atoms with Crippen LogP contribution in [-0.2, 0) is 4.74 Å². The van der Waals surface area contributed by atoms with E-state index in [2.05, 4.69) is 39.7 Å². The van der Waals surface area contributed by atoms with Gasteiger partial charge in [0.15, 0.2) is 0 Å². The van der Waals surface area contributed by atoms with Gasteiger partial charge in [-0.3, -0.25) is 0 Å². The highest BCUT2D eigenvalue weighted by Gasteiger charge is 2.29. The van der Waals surface area contributed by atoms with Crippen molar-refractivity contribution >= 4 is 0 Å². The zero-order valence-electron chi connectivity index (χ0n) is 11.7. The molecule has 2 heteroatoms. The molecule has 0 rings (SSSR count). The number of hydrogen-bond donors (Lipinski definition) is 0. The number of nitrogens with zero attached hydrogens (tertiary/aromatic N) is 1. The molecule has 0 spiro atoms. The molecule has 2 atom stereocenters. The van der Waals surface area contributed by atoms with E-state index in [4.69, 9.17) is 4.74 Å². The molecule has 2 nitrogen and oxygen atoms in total. The molecule has 0 heterocycles. The molecule has 0 aliphatic carbocycles. The topological polar surface area (TPSA) is 9.23 Å². The molecule has 0 amide bonds. The highest BCUT2D eigenvalue weighted by Crippen LogP contribution is 2.17. The highest BCUT2D eigenvalue weighted by atomic mass is 16.5. The molecular formula is C14H28NO+. The summed E-state index contributed by atoms with van der Waals surface area (Å²) in [5, 5.41) is 0. The number of likely N-dealkylation sites (N-methyl/N-ethyl adjacent to an activating group) is 1. The second kappa shape index (κ2) is 8.47. The third-order valence-corrected chi connectivity index (χ3v) is 3.64. The first kappa shape index (κ1) is 15.3. The van der Waals surface area contributed by atoms with Gasteiger partial charge >= 0.3 is 0 Å². The first-order chi connectivity index (χ1) is 7.66. The monoisotopic (exact) mass is 226 g/mol. The standard InChI is InChI=1S/C14H28NO/c1-6-10-15(9-4,14(5)8-3)11-13-16-12-7-2/h14H,6,8-11,13H2,1-5H3/q+1. The van der Waals surface area contributed by atoms with Crippen LogP contribution in [0.4, 0.5) is 0 Å². The summed E-state index contributed by atoms with van der Waals surface area (Å²) in [4.78, 5) is 0. The second-order valence-electron chi connectivity index (χ2n) is 4.44. The lowest BCUT2D eigenvalue weighted by atomic mass is 10.1. The maximum absolute atomic E-state index is 5.30. The molecule has 0 radical (unpaired) electrons. The summed E-state index contributed by atoms with van der Waals surface area (Å²) in [5.74, 6) is 2.77. The number of hydrogen-bond acceptors (Lipinski definition) is 1. The van der Waals surface area contributed by atoms with Crippen molar-refractivity contribution in [3.63, 3.8) is 0 Å². The van der Waals surface area contributed by atoms with Crippen LogP contribution < -0.4 is 0 Å². The molecule has 0 aromatic heterocycles. The van der Waals surface area contributed by atoms with Gasteiger partial charge in [-0.15, -0.1) is 0 Å². The van der Waals surface area contributed by atoms with Crippen molar-refractivity contribution in [1.82, 2.24) is 0 Å². The normalized spacial score (nSPS) is 15.8. The van der Waals surface area contributed by atoms with E-state index in [0.29, 0.717) is 6.04 Å². The minimum atomic E-state index is 0.711. The average molecular weight is 226 g/mol. The molecule has 0 N–H and O–H groups in total. The quantitative estimate of drug-likeness (QED) is 0.351. The van der Waals surface area contributed by atoms with Crippen molar-refractivity contribution in [3.8, 4) is 12.0 Å². The van der Waals surface area contributed by atoms with Crippen molar-refractivity contribution < 1.29 is 9.22 Å². The van der Waals surface area contributed by atoms with Crippen LogP contribution in [0.5, 0.6) is 0 Å². The third-order valence-electron chi connectivity index (χ3n) is 3.64. The Hall–Kier alpha value is -0.680. The number of rotatable bonds is 8. The molecule has 16 heavy (non-hydrogen) atoms. The Morgan fingerprint density at radius 1 is 1.19 bits per heavy atom. The molecule has 94 valence electrons. The van der Waals surface area contributed by atoms with E-state index in [1.807, 2.05) is 6.92 Å². The first-order valence-electron chi connectivity index (χ1n) is 6.56. The fourth-order valence-electron chi connectivity index (χ4n) is 2.36. The molecule has 0 aliphatic heterocycles. The predicted octanol–water partition coefficient (Wildman–Crippen LogP) is 3.03. The Kier molecular flexibility index (Phi) is 8.11. The molecule has 0 saturated heterocycles. The van der Waals surface area contributed by atoms with Crippen molar-refractivity contribution in [1.29, 1.82) is 0 Å². The predicted molar refractivity (Wildman–Crippen MR) is 70.0 cm³/mol. The summed E-state index contributed by atoms with van der Waals surface area (Å²) < 4.78 is 6.47. The Labute approximate surface area is 102 Å². The molecule has 0 aromatic rings. The van der Waals surface area contributed by atoms with Crippen LogP contribution >= 0.6 is 0 Å². The van der Waals surface area contributed by atoms with Gasteiger partial charge in [-0.25, -0.2) is 0 Å². The lowest BCUT2D eigenvalue weighted by molar-refractivity contribution is -0.948. The first-order valence-corrected chi connectivity index (χ1v) is 6.56. The summed E-state index contributed by atoms with van der Waals surface area (Å²) in [7, 11) is 0. The van der Waals surface area contributed by atoms with E-state index in [-0.39, 0.29) is 0 Å². The Bertz CT molecular complexity index is 229. The largest absolute Gasteiger partial charge is 0.441 e. The van der Waals surface area contributed by atoms with Gasteiger partial charge in [0.1, 0.15) is 19.3 Å². The van der Waals surface area contributed by atoms with Gasteiger partial charge in [-0.2, -0.15) is 0 Å². The Balaban J connectivity index is 4.41. The van der Waals surface area contributed by atoms with E-state index in [1.54, 1.807) is 0 Å². The smallest absolute Gasteiger partial charge is 0.149 e. The van der Waals surface area contributed by atoms with Gasteiger partial charge in [-0.05, 0) is 26.7 Å². The van der Waals surface area contributed by atoms with Gasteiger partial charge in [-0.1, -0.05) is 19.8 Å². The summed E-state index contributed by atoms with van der Waals surface area (Å²) in [5.41, 5.74) is 0. The van der Waals surface area contributed by atoms with E-state index in [9.17, 15) is 0 Å². The summed E-state index contributed by atoms with van der Waals surface area (Å²) >= 11 is 0. The van der Waals surface area contributed by atoms with E-state index >= 15 is 0 Å². The van der Waals surface area contributed by atoms with Crippen LogP contribution in [0.2, 0.25) is 0 Å². The summed E-state index contributed by atoms with van der Waals surface area (Å²) in [6.07, 6.45) is 5.15. The summed E-state index contributed by atoms with van der Waals surface area (Å²) in [6.45, 7) is 15.2. The van der Waals surface area contributed by atoms with Crippen LogP contribution in [0.3, 0.4) is 0 Å². The minimum Gasteiger partial charge on any atom is -0.441 e. The summed E-state index contributed by atoms with van der Waals surface area (Å²) in [6, 6.07) is 0.711. The van der Waals surface area contributed by atoms with Crippen molar-refractivity contribution in [2.24, 2.45) is 0 Å². The highest BCUT2D eigenvalue weighted by molar-refractivity contribution is 4.85. The molecule has 0 aromatic carbocycles. The molecule has 0 fully saturated rings. The number of quaternary nitrogens is 1. The maximum atomic E-state index is 5.30. The van der Waals surface area contributed by atoms with Crippen LogP contribution in [0.25, 0.3) is 0 Å². The fourth-order valence-corrected chi connectivity index (χ4v) is 2.36. The van der Waals surface area contributed by atoms with Gasteiger partial charge in [0.05, 0.1) is 19.1 Å². The molecule has 2 unspecified atom stereocenters. The minimum absolute atomic E-state index is 0.711. The van der Waals surface area contributed by atoms with Gasteiger partial charge in [0.25, 0.3) is 0 Å². The molecule has 0 aliphatic rings. The molecule has 0 bridgehead atoms. The maximum Gasteiger partial charge on any atom is 0.149 e. The Morgan fingerprint density at radius 2 is 1.88 bits per heavy atom. The van der Waals surface area contributed by atoms with E-state index in [0.717, 1.165) is 13.2 Å². The third kappa shape index (κ3) is 4.45. The zero-order valence-corrected chi connectivity index (χ0v) is 11.7. The second-order valence-corrected chi connectivity index (χ2v) is 4.44. The lowest BCUT2D eigenvalue weighted by Gasteiger charge is -2.42.